The lowest BCUT2D eigenvalue weighted by Crippen LogP contribution is -2.22. The molecule has 1 amide bonds. The Bertz CT molecular complexity index is 660. The van der Waals surface area contributed by atoms with Gasteiger partial charge < -0.3 is 5.32 Å². The predicted molar refractivity (Wildman–Crippen MR) is 84.4 cm³/mol. The molecule has 0 aliphatic heterocycles. The van der Waals surface area contributed by atoms with Gasteiger partial charge in [0.1, 0.15) is 5.82 Å². The molecule has 1 aromatic carbocycles. The van der Waals surface area contributed by atoms with Gasteiger partial charge in [-0.2, -0.15) is 9.64 Å². The fourth-order valence-corrected chi connectivity index (χ4v) is 3.35. The SMILES string of the molecule is CCc1nsc(SC(C)C(=O)Nc2ccc(C#N)cc2)n1. The van der Waals surface area contributed by atoms with E-state index in [1.54, 1.807) is 24.3 Å². The van der Waals surface area contributed by atoms with Crippen molar-refractivity contribution in [3.8, 4) is 6.07 Å². The quantitative estimate of drug-likeness (QED) is 0.857. The van der Waals surface area contributed by atoms with E-state index in [0.717, 1.165) is 16.6 Å². The van der Waals surface area contributed by atoms with Crippen LogP contribution < -0.4 is 5.32 Å². The Morgan fingerprint density at radius 1 is 1.48 bits per heavy atom. The predicted octanol–water partition coefficient (Wildman–Crippen LogP) is 3.09. The largest absolute Gasteiger partial charge is 0.325 e. The van der Waals surface area contributed by atoms with Crippen molar-refractivity contribution in [1.29, 1.82) is 5.26 Å². The number of benzene rings is 1. The van der Waals surface area contributed by atoms with Crippen LogP contribution >= 0.6 is 23.3 Å². The third-order valence-corrected chi connectivity index (χ3v) is 4.62. The first-order valence-corrected chi connectivity index (χ1v) is 8.08. The molecule has 1 atom stereocenters. The summed E-state index contributed by atoms with van der Waals surface area (Å²) < 4.78 is 5.00. The van der Waals surface area contributed by atoms with Crippen molar-refractivity contribution in [2.75, 3.05) is 5.32 Å². The van der Waals surface area contributed by atoms with Crippen LogP contribution in [-0.4, -0.2) is 20.5 Å². The summed E-state index contributed by atoms with van der Waals surface area (Å²) in [6.45, 7) is 3.83. The van der Waals surface area contributed by atoms with Crippen LogP contribution in [0.2, 0.25) is 0 Å². The minimum atomic E-state index is -0.265. The van der Waals surface area contributed by atoms with Gasteiger partial charge in [-0.3, -0.25) is 4.79 Å². The van der Waals surface area contributed by atoms with Gasteiger partial charge in [0.25, 0.3) is 0 Å². The number of carbonyl (C=O) groups excluding carboxylic acids is 1. The second-order valence-electron chi connectivity index (χ2n) is 4.27. The van der Waals surface area contributed by atoms with Crippen molar-refractivity contribution in [3.63, 3.8) is 0 Å². The van der Waals surface area contributed by atoms with Crippen molar-refractivity contribution in [1.82, 2.24) is 9.36 Å². The van der Waals surface area contributed by atoms with Crippen LogP contribution in [0.15, 0.2) is 28.6 Å². The standard InChI is InChI=1S/C14H14N4OS2/c1-3-12-17-14(21-18-12)20-9(2)13(19)16-11-6-4-10(8-15)5-7-11/h4-7,9H,3H2,1-2H3,(H,16,19). The van der Waals surface area contributed by atoms with Crippen LogP contribution in [0.25, 0.3) is 0 Å². The van der Waals surface area contributed by atoms with Gasteiger partial charge >= 0.3 is 0 Å². The number of hydrogen-bond donors (Lipinski definition) is 1. The summed E-state index contributed by atoms with van der Waals surface area (Å²) in [5.41, 5.74) is 1.24. The number of nitriles is 1. The number of nitrogens with zero attached hydrogens (tertiary/aromatic N) is 3. The highest BCUT2D eigenvalue weighted by Crippen LogP contribution is 2.26. The summed E-state index contributed by atoms with van der Waals surface area (Å²) in [4.78, 5) is 16.4. The van der Waals surface area contributed by atoms with E-state index in [1.165, 1.54) is 23.3 Å². The zero-order valence-corrected chi connectivity index (χ0v) is 13.3. The number of anilines is 1. The molecule has 0 fully saturated rings. The minimum absolute atomic E-state index is 0.0991. The van der Waals surface area contributed by atoms with Crippen LogP contribution in [0.3, 0.4) is 0 Å². The number of thioether (sulfide) groups is 1. The lowest BCUT2D eigenvalue weighted by Gasteiger charge is -2.10. The molecule has 0 saturated carbocycles. The van der Waals surface area contributed by atoms with E-state index in [1.807, 2.05) is 19.9 Å². The highest BCUT2D eigenvalue weighted by molar-refractivity contribution is 8.02. The highest BCUT2D eigenvalue weighted by atomic mass is 32.2. The van der Waals surface area contributed by atoms with Crippen molar-refractivity contribution in [2.24, 2.45) is 0 Å². The summed E-state index contributed by atoms with van der Waals surface area (Å²) in [6, 6.07) is 8.82. The van der Waals surface area contributed by atoms with Gasteiger partial charge in [-0.05, 0) is 42.7 Å². The number of hydrogen-bond acceptors (Lipinski definition) is 6. The van der Waals surface area contributed by atoms with Crippen LogP contribution in [-0.2, 0) is 11.2 Å². The molecule has 0 radical (unpaired) electrons. The molecule has 2 aromatic rings. The fraction of sp³-hybridized carbons (Fsp3) is 0.286. The Labute approximate surface area is 131 Å². The average Bonchev–Trinajstić information content (AvgIpc) is 2.95. The Hall–Kier alpha value is -1.91. The second-order valence-corrected chi connectivity index (χ2v) is 6.61. The maximum atomic E-state index is 12.1. The summed E-state index contributed by atoms with van der Waals surface area (Å²) in [7, 11) is 0. The number of amides is 1. The van der Waals surface area contributed by atoms with Gasteiger partial charge in [-0.1, -0.05) is 18.7 Å². The minimum Gasteiger partial charge on any atom is -0.325 e. The van der Waals surface area contributed by atoms with Crippen molar-refractivity contribution < 1.29 is 4.79 Å². The van der Waals surface area contributed by atoms with Crippen LogP contribution in [0.5, 0.6) is 0 Å². The maximum Gasteiger partial charge on any atom is 0.237 e. The van der Waals surface area contributed by atoms with Gasteiger partial charge in [0.2, 0.25) is 5.91 Å². The smallest absolute Gasteiger partial charge is 0.237 e. The van der Waals surface area contributed by atoms with E-state index in [4.69, 9.17) is 5.26 Å². The number of nitrogens with one attached hydrogen (secondary N) is 1. The molecule has 1 unspecified atom stereocenters. The molecule has 1 N–H and O–H groups in total. The van der Waals surface area contributed by atoms with Gasteiger partial charge in [0, 0.05) is 12.1 Å². The molecule has 0 aliphatic rings. The molecule has 1 aromatic heterocycles. The molecule has 0 saturated heterocycles. The molecular weight excluding hydrogens is 304 g/mol. The molecule has 5 nitrogen and oxygen atoms in total. The normalized spacial score (nSPS) is 11.7. The first kappa shape index (κ1) is 15.5. The third kappa shape index (κ3) is 4.28. The molecule has 1 heterocycles. The van der Waals surface area contributed by atoms with Crippen molar-refractivity contribution in [2.45, 2.75) is 29.9 Å². The third-order valence-electron chi connectivity index (χ3n) is 2.69. The summed E-state index contributed by atoms with van der Waals surface area (Å²) in [6.07, 6.45) is 0.795. The van der Waals surface area contributed by atoms with E-state index in [-0.39, 0.29) is 11.2 Å². The molecule has 7 heteroatoms. The molecular formula is C14H14N4OS2. The monoisotopic (exact) mass is 318 g/mol. The van der Waals surface area contributed by atoms with E-state index in [2.05, 4.69) is 14.7 Å². The summed E-state index contributed by atoms with van der Waals surface area (Å²) in [5, 5.41) is 11.3. The highest BCUT2D eigenvalue weighted by Gasteiger charge is 2.17. The summed E-state index contributed by atoms with van der Waals surface area (Å²) >= 11 is 2.71. The van der Waals surface area contributed by atoms with Crippen molar-refractivity contribution >= 4 is 34.9 Å². The average molecular weight is 318 g/mol. The van der Waals surface area contributed by atoms with Gasteiger partial charge in [-0.25, -0.2) is 4.98 Å². The van der Waals surface area contributed by atoms with Crippen LogP contribution in [0.1, 0.15) is 25.2 Å². The molecule has 0 aliphatic carbocycles. The lowest BCUT2D eigenvalue weighted by molar-refractivity contribution is -0.115. The van der Waals surface area contributed by atoms with Crippen molar-refractivity contribution in [3.05, 3.63) is 35.7 Å². The van der Waals surface area contributed by atoms with E-state index < -0.39 is 0 Å². The Kier molecular flexibility index (Phi) is 5.31. The molecule has 0 bridgehead atoms. The first-order chi connectivity index (χ1) is 10.1. The van der Waals surface area contributed by atoms with E-state index in [0.29, 0.717) is 11.3 Å². The van der Waals surface area contributed by atoms with Crippen LogP contribution in [0, 0.1) is 11.3 Å². The lowest BCUT2D eigenvalue weighted by atomic mass is 10.2. The fourth-order valence-electron chi connectivity index (χ4n) is 1.51. The summed E-state index contributed by atoms with van der Waals surface area (Å²) in [5.74, 6) is 0.708. The number of aryl methyl sites for hydroxylation is 1. The van der Waals surface area contributed by atoms with Gasteiger partial charge in [0.05, 0.1) is 16.9 Å². The zero-order valence-electron chi connectivity index (χ0n) is 11.7. The second kappa shape index (κ2) is 7.20. The number of carbonyl (C=O) groups is 1. The topological polar surface area (TPSA) is 78.7 Å². The Balaban J connectivity index is 1.94. The Morgan fingerprint density at radius 2 is 2.19 bits per heavy atom. The van der Waals surface area contributed by atoms with E-state index in [9.17, 15) is 4.79 Å². The molecule has 2 rings (SSSR count). The van der Waals surface area contributed by atoms with Gasteiger partial charge in [0.15, 0.2) is 4.34 Å². The maximum absolute atomic E-state index is 12.1. The molecule has 108 valence electrons. The van der Waals surface area contributed by atoms with E-state index >= 15 is 0 Å². The van der Waals surface area contributed by atoms with Gasteiger partial charge in [-0.15, -0.1) is 0 Å². The number of rotatable bonds is 5. The van der Waals surface area contributed by atoms with Crippen LogP contribution in [0.4, 0.5) is 5.69 Å². The first-order valence-electron chi connectivity index (χ1n) is 6.42. The molecule has 0 spiro atoms. The molecule has 21 heavy (non-hydrogen) atoms. The number of aromatic nitrogens is 2. The zero-order chi connectivity index (χ0) is 15.2. The Morgan fingerprint density at radius 3 is 2.76 bits per heavy atom.